The standard InChI is InChI=1S/C7H9N4S2/c1-10-3-9-11(5-10)7(12)6-2-13-4-8-6/h2-3,7,12H,5H2,1H3. The third kappa shape index (κ3) is 1.78. The molecule has 0 saturated carbocycles. The minimum absolute atomic E-state index is 0.0660. The molecule has 1 aromatic heterocycles. The third-order valence-corrected chi connectivity index (χ3v) is 2.81. The molecule has 2 heterocycles. The van der Waals surface area contributed by atoms with Gasteiger partial charge in [0.05, 0.1) is 5.69 Å². The quantitative estimate of drug-likeness (QED) is 0.744. The van der Waals surface area contributed by atoms with Crippen LogP contribution in [0.2, 0.25) is 0 Å². The molecule has 2 rings (SSSR count). The molecule has 0 saturated heterocycles. The summed E-state index contributed by atoms with van der Waals surface area (Å²) < 4.78 is 0. The Bertz CT molecular complexity index is 297. The highest BCUT2D eigenvalue weighted by molar-refractivity contribution is 7.80. The molecule has 0 amide bonds. The highest BCUT2D eigenvalue weighted by atomic mass is 32.1. The molecule has 0 aliphatic carbocycles. The van der Waals surface area contributed by atoms with Crippen LogP contribution in [0.4, 0.5) is 0 Å². The lowest BCUT2D eigenvalue weighted by molar-refractivity contribution is 0.237. The van der Waals surface area contributed by atoms with Gasteiger partial charge in [-0.25, -0.2) is 4.98 Å². The van der Waals surface area contributed by atoms with Crippen LogP contribution in [0.25, 0.3) is 0 Å². The van der Waals surface area contributed by atoms with Gasteiger partial charge < -0.3 is 4.90 Å². The molecule has 13 heavy (non-hydrogen) atoms. The first-order chi connectivity index (χ1) is 6.27. The Morgan fingerprint density at radius 2 is 2.62 bits per heavy atom. The van der Waals surface area contributed by atoms with Crippen molar-refractivity contribution in [2.24, 2.45) is 5.10 Å². The zero-order valence-electron chi connectivity index (χ0n) is 7.08. The van der Waals surface area contributed by atoms with Gasteiger partial charge in [0.25, 0.3) is 0 Å². The van der Waals surface area contributed by atoms with Crippen molar-refractivity contribution in [3.8, 4) is 0 Å². The van der Waals surface area contributed by atoms with Crippen molar-refractivity contribution >= 4 is 30.3 Å². The lowest BCUT2D eigenvalue weighted by Crippen LogP contribution is -2.24. The van der Waals surface area contributed by atoms with Crippen LogP contribution in [0.15, 0.2) is 10.5 Å². The number of hydrogen-bond acceptors (Lipinski definition) is 6. The molecule has 1 atom stereocenters. The zero-order chi connectivity index (χ0) is 9.26. The zero-order valence-corrected chi connectivity index (χ0v) is 8.79. The fourth-order valence-corrected chi connectivity index (χ4v) is 1.94. The summed E-state index contributed by atoms with van der Waals surface area (Å²) in [6, 6.07) is 0. The molecule has 1 aliphatic rings. The van der Waals surface area contributed by atoms with E-state index >= 15 is 0 Å². The summed E-state index contributed by atoms with van der Waals surface area (Å²) in [6.45, 7) is 0.756. The van der Waals surface area contributed by atoms with E-state index in [1.165, 1.54) is 11.3 Å². The van der Waals surface area contributed by atoms with E-state index in [0.29, 0.717) is 0 Å². The average Bonchev–Trinajstić information content (AvgIpc) is 2.72. The summed E-state index contributed by atoms with van der Waals surface area (Å²) >= 11 is 5.88. The van der Waals surface area contributed by atoms with Gasteiger partial charge in [-0.05, 0) is 0 Å². The van der Waals surface area contributed by atoms with E-state index in [9.17, 15) is 0 Å². The summed E-state index contributed by atoms with van der Waals surface area (Å²) in [7, 11) is 1.97. The van der Waals surface area contributed by atoms with Crippen LogP contribution in [0.5, 0.6) is 0 Å². The molecule has 6 heteroatoms. The van der Waals surface area contributed by atoms with Crippen LogP contribution in [0.1, 0.15) is 11.1 Å². The molecular formula is C7H9N4S2. The minimum atomic E-state index is -0.0660. The summed E-state index contributed by atoms with van der Waals surface area (Å²) in [5.74, 6) is 0. The van der Waals surface area contributed by atoms with Crippen LogP contribution in [0, 0.1) is 5.51 Å². The molecule has 69 valence electrons. The number of rotatable bonds is 2. The first-order valence-electron chi connectivity index (χ1n) is 3.78. The van der Waals surface area contributed by atoms with Gasteiger partial charge in [0.15, 0.2) is 5.51 Å². The van der Waals surface area contributed by atoms with Gasteiger partial charge in [-0.1, -0.05) is 0 Å². The van der Waals surface area contributed by atoms with E-state index in [0.717, 1.165) is 12.4 Å². The SMILES string of the molecule is CN1C=NN(C(S)c2cs[c]n2)C1. The lowest BCUT2D eigenvalue weighted by Gasteiger charge is -2.20. The molecule has 0 fully saturated rings. The Balaban J connectivity index is 2.06. The fraction of sp³-hybridized carbons (Fsp3) is 0.429. The molecule has 0 N–H and O–H groups in total. The summed E-state index contributed by atoms with van der Waals surface area (Å²) in [5.41, 5.74) is 3.70. The lowest BCUT2D eigenvalue weighted by atomic mass is 10.5. The Labute approximate surface area is 86.3 Å². The van der Waals surface area contributed by atoms with Gasteiger partial charge in [0.1, 0.15) is 18.4 Å². The topological polar surface area (TPSA) is 31.7 Å². The molecule has 4 nitrogen and oxygen atoms in total. The van der Waals surface area contributed by atoms with E-state index < -0.39 is 0 Å². The number of nitrogens with zero attached hydrogens (tertiary/aromatic N) is 4. The highest BCUT2D eigenvalue weighted by Crippen LogP contribution is 2.25. The number of aromatic nitrogens is 1. The van der Waals surface area contributed by atoms with Gasteiger partial charge in [-0.15, -0.1) is 24.0 Å². The summed E-state index contributed by atoms with van der Waals surface area (Å²) in [6.07, 6.45) is 1.78. The summed E-state index contributed by atoms with van der Waals surface area (Å²) in [5, 5.41) is 7.92. The fourth-order valence-electron chi connectivity index (χ4n) is 1.06. The Hall–Kier alpha value is -0.750. The van der Waals surface area contributed by atoms with Gasteiger partial charge >= 0.3 is 0 Å². The summed E-state index contributed by atoms with van der Waals surface area (Å²) in [4.78, 5) is 6.05. The van der Waals surface area contributed by atoms with Crippen molar-refractivity contribution in [1.82, 2.24) is 14.9 Å². The maximum absolute atomic E-state index is 4.43. The number of hydrazone groups is 1. The second-order valence-electron chi connectivity index (χ2n) is 2.81. The van der Waals surface area contributed by atoms with Gasteiger partial charge in [-0.2, -0.15) is 5.10 Å². The largest absolute Gasteiger partial charge is 0.345 e. The van der Waals surface area contributed by atoms with E-state index in [1.54, 1.807) is 6.34 Å². The van der Waals surface area contributed by atoms with Crippen LogP contribution >= 0.6 is 24.0 Å². The van der Waals surface area contributed by atoms with Gasteiger partial charge in [0, 0.05) is 12.4 Å². The van der Waals surface area contributed by atoms with E-state index in [4.69, 9.17) is 0 Å². The normalized spacial score (nSPS) is 18.3. The van der Waals surface area contributed by atoms with Crippen molar-refractivity contribution in [3.05, 3.63) is 16.6 Å². The van der Waals surface area contributed by atoms with E-state index in [2.05, 4.69) is 28.2 Å². The maximum Gasteiger partial charge on any atom is 0.152 e. The van der Waals surface area contributed by atoms with Crippen molar-refractivity contribution in [3.63, 3.8) is 0 Å². The molecule has 1 aliphatic heterocycles. The molecule has 1 aromatic rings. The van der Waals surface area contributed by atoms with Crippen LogP contribution in [0.3, 0.4) is 0 Å². The van der Waals surface area contributed by atoms with E-state index in [1.807, 2.05) is 22.3 Å². The maximum atomic E-state index is 4.43. The second kappa shape index (κ2) is 3.55. The van der Waals surface area contributed by atoms with Crippen LogP contribution in [-0.2, 0) is 0 Å². The molecule has 1 radical (unpaired) electrons. The Kier molecular flexibility index (Phi) is 2.41. The highest BCUT2D eigenvalue weighted by Gasteiger charge is 2.20. The van der Waals surface area contributed by atoms with E-state index in [-0.39, 0.29) is 5.37 Å². The van der Waals surface area contributed by atoms with Crippen molar-refractivity contribution in [2.75, 3.05) is 13.7 Å². The predicted molar refractivity (Wildman–Crippen MR) is 55.6 cm³/mol. The van der Waals surface area contributed by atoms with Crippen molar-refractivity contribution < 1.29 is 0 Å². The second-order valence-corrected chi connectivity index (χ2v) is 3.95. The van der Waals surface area contributed by atoms with Gasteiger partial charge in [-0.3, -0.25) is 5.01 Å². The first-order valence-corrected chi connectivity index (χ1v) is 5.17. The number of thiazole rings is 1. The molecule has 1 unspecified atom stereocenters. The third-order valence-electron chi connectivity index (χ3n) is 1.72. The first kappa shape index (κ1) is 8.83. The molecule has 0 aromatic carbocycles. The number of hydrogen-bond donors (Lipinski definition) is 1. The predicted octanol–water partition coefficient (Wildman–Crippen LogP) is 1.02. The molecule has 0 bridgehead atoms. The minimum Gasteiger partial charge on any atom is -0.345 e. The molecule has 0 spiro atoms. The van der Waals surface area contributed by atoms with Crippen molar-refractivity contribution in [1.29, 1.82) is 0 Å². The Morgan fingerprint density at radius 1 is 1.77 bits per heavy atom. The average molecular weight is 213 g/mol. The monoisotopic (exact) mass is 213 g/mol. The number of thiol groups is 1. The van der Waals surface area contributed by atoms with Crippen LogP contribution < -0.4 is 0 Å². The van der Waals surface area contributed by atoms with Crippen molar-refractivity contribution in [2.45, 2.75) is 5.37 Å². The van der Waals surface area contributed by atoms with Gasteiger partial charge in [0.2, 0.25) is 0 Å². The van der Waals surface area contributed by atoms with Crippen LogP contribution in [-0.4, -0.2) is 34.9 Å². The Morgan fingerprint density at radius 3 is 3.15 bits per heavy atom. The molecular weight excluding hydrogens is 204 g/mol. The smallest absolute Gasteiger partial charge is 0.152 e.